The van der Waals surface area contributed by atoms with E-state index in [9.17, 15) is 4.39 Å². The molecule has 1 rings (SSSR count). The van der Waals surface area contributed by atoms with Crippen LogP contribution in [0.15, 0.2) is 27.1 Å². The van der Waals surface area contributed by atoms with Crippen molar-refractivity contribution in [3.63, 3.8) is 0 Å². The quantitative estimate of drug-likeness (QED) is 0.622. The summed E-state index contributed by atoms with van der Waals surface area (Å²) in [5, 5.41) is 0. The fourth-order valence-electron chi connectivity index (χ4n) is 0.477. The lowest BCUT2D eigenvalue weighted by Gasteiger charge is -1.93. The van der Waals surface area contributed by atoms with Crippen molar-refractivity contribution >= 4 is 31.9 Å². The Morgan fingerprint density at radius 2 is 1.89 bits per heavy atom. The monoisotopic (exact) mass is 252 g/mol. The maximum atomic E-state index is 12.5. The fraction of sp³-hybridized carbons (Fsp3) is 0. The van der Waals surface area contributed by atoms with Gasteiger partial charge in [-0.3, -0.25) is 0 Å². The van der Waals surface area contributed by atoms with Crippen molar-refractivity contribution in [1.82, 2.24) is 0 Å². The molecule has 0 bridgehead atoms. The molecule has 0 unspecified atom stereocenters. The summed E-state index contributed by atoms with van der Waals surface area (Å²) in [6.45, 7) is 0. The molecule has 1 aromatic rings. The first-order chi connectivity index (χ1) is 4.22. The van der Waals surface area contributed by atoms with E-state index in [0.29, 0.717) is 4.47 Å². The van der Waals surface area contributed by atoms with Crippen LogP contribution in [0.5, 0.6) is 0 Å². The lowest BCUT2D eigenvalue weighted by Crippen LogP contribution is -1.75. The average molecular weight is 254 g/mol. The zero-order valence-corrected chi connectivity index (χ0v) is 7.54. The molecule has 9 heavy (non-hydrogen) atoms. The molecule has 3 heteroatoms. The molecule has 0 spiro atoms. The predicted octanol–water partition coefficient (Wildman–Crippen LogP) is 3.35. The number of benzene rings is 1. The Hall–Kier alpha value is 0.110. The SMILES string of the molecule is Fc1cccc(Br)c1Br. The van der Waals surface area contributed by atoms with E-state index in [0.717, 1.165) is 4.47 Å². The molecule has 0 nitrogen and oxygen atoms in total. The minimum absolute atomic E-state index is 0.246. The highest BCUT2D eigenvalue weighted by atomic mass is 79.9. The minimum Gasteiger partial charge on any atom is -0.206 e. The van der Waals surface area contributed by atoms with Crippen LogP contribution in [0.3, 0.4) is 0 Å². The van der Waals surface area contributed by atoms with Gasteiger partial charge in [0.2, 0.25) is 0 Å². The van der Waals surface area contributed by atoms with Crippen molar-refractivity contribution in [1.29, 1.82) is 0 Å². The Bertz CT molecular complexity index is 202. The third-order valence-electron chi connectivity index (χ3n) is 0.904. The highest BCUT2D eigenvalue weighted by molar-refractivity contribution is 9.13. The van der Waals surface area contributed by atoms with Crippen molar-refractivity contribution in [2.24, 2.45) is 0 Å². The smallest absolute Gasteiger partial charge is 0.138 e. The normalized spacial score (nSPS) is 9.67. The van der Waals surface area contributed by atoms with E-state index in [1.165, 1.54) is 6.07 Å². The Morgan fingerprint density at radius 3 is 2.33 bits per heavy atom. The fourth-order valence-corrected chi connectivity index (χ4v) is 1.08. The molecule has 0 fully saturated rings. The maximum absolute atomic E-state index is 12.5. The van der Waals surface area contributed by atoms with Crippen LogP contribution in [0.4, 0.5) is 4.39 Å². The summed E-state index contributed by atoms with van der Waals surface area (Å²) in [7, 11) is 0. The second kappa shape index (κ2) is 2.80. The summed E-state index contributed by atoms with van der Waals surface area (Å²) in [5.41, 5.74) is 0. The third-order valence-corrected chi connectivity index (χ3v) is 2.90. The maximum Gasteiger partial charge on any atom is 0.138 e. The highest BCUT2D eigenvalue weighted by Crippen LogP contribution is 2.24. The van der Waals surface area contributed by atoms with Crippen molar-refractivity contribution in [2.75, 3.05) is 0 Å². The summed E-state index contributed by atoms with van der Waals surface area (Å²) in [4.78, 5) is 0. The molecule has 0 saturated heterocycles. The third kappa shape index (κ3) is 1.52. The van der Waals surface area contributed by atoms with Gasteiger partial charge in [0.15, 0.2) is 0 Å². The van der Waals surface area contributed by atoms with Crippen LogP contribution < -0.4 is 0 Å². The summed E-state index contributed by atoms with van der Waals surface area (Å²) < 4.78 is 13.7. The standard InChI is InChI=1S/C6H3Br2F/c7-4-2-1-3-5(9)6(4)8/h1-3H. The number of hydrogen-bond donors (Lipinski definition) is 0. The molecule has 0 aliphatic rings. The molecule has 0 aromatic heterocycles. The van der Waals surface area contributed by atoms with Gasteiger partial charge in [-0.15, -0.1) is 0 Å². The molecule has 0 heterocycles. The molecular formula is C6H3Br2F. The first kappa shape index (κ1) is 7.22. The first-order valence-electron chi connectivity index (χ1n) is 2.31. The van der Waals surface area contributed by atoms with Gasteiger partial charge in [0.1, 0.15) is 5.82 Å². The molecule has 0 atom stereocenters. The Kier molecular flexibility index (Phi) is 2.24. The topological polar surface area (TPSA) is 0 Å². The van der Waals surface area contributed by atoms with Crippen LogP contribution in [0.2, 0.25) is 0 Å². The summed E-state index contributed by atoms with van der Waals surface area (Å²) in [5.74, 6) is -0.246. The lowest BCUT2D eigenvalue weighted by atomic mass is 10.4. The second-order valence-corrected chi connectivity index (χ2v) is 3.18. The molecule has 0 N–H and O–H groups in total. The summed E-state index contributed by atoms with van der Waals surface area (Å²) >= 11 is 6.22. The van der Waals surface area contributed by atoms with Crippen molar-refractivity contribution < 1.29 is 4.39 Å². The molecule has 0 radical (unpaired) electrons. The van der Waals surface area contributed by atoms with Crippen LogP contribution in [0.25, 0.3) is 0 Å². The Labute approximate surface area is 69.3 Å². The molecule has 48 valence electrons. The van der Waals surface area contributed by atoms with Gasteiger partial charge in [-0.1, -0.05) is 6.07 Å². The van der Waals surface area contributed by atoms with E-state index in [4.69, 9.17) is 0 Å². The van der Waals surface area contributed by atoms with E-state index in [2.05, 4.69) is 31.9 Å². The molecule has 1 aromatic carbocycles. The van der Waals surface area contributed by atoms with Gasteiger partial charge in [-0.2, -0.15) is 0 Å². The van der Waals surface area contributed by atoms with E-state index >= 15 is 0 Å². The van der Waals surface area contributed by atoms with Gasteiger partial charge in [-0.25, -0.2) is 4.39 Å². The van der Waals surface area contributed by atoms with Crippen LogP contribution >= 0.6 is 31.9 Å². The van der Waals surface area contributed by atoms with Gasteiger partial charge in [-0.05, 0) is 44.0 Å². The van der Waals surface area contributed by atoms with Crippen LogP contribution in [0, 0.1) is 5.82 Å². The van der Waals surface area contributed by atoms with Crippen molar-refractivity contribution in [2.45, 2.75) is 0 Å². The summed E-state index contributed by atoms with van der Waals surface area (Å²) in [6.07, 6.45) is 0. The van der Waals surface area contributed by atoms with Crippen LogP contribution in [0.1, 0.15) is 0 Å². The lowest BCUT2D eigenvalue weighted by molar-refractivity contribution is 0.620. The zero-order valence-electron chi connectivity index (χ0n) is 4.37. The molecule has 0 aliphatic heterocycles. The Morgan fingerprint density at radius 1 is 1.22 bits per heavy atom. The molecule has 0 aliphatic carbocycles. The zero-order chi connectivity index (χ0) is 6.85. The first-order valence-corrected chi connectivity index (χ1v) is 3.90. The van der Waals surface area contributed by atoms with Gasteiger partial charge < -0.3 is 0 Å². The van der Waals surface area contributed by atoms with E-state index in [1.54, 1.807) is 12.1 Å². The van der Waals surface area contributed by atoms with Gasteiger partial charge in [0.25, 0.3) is 0 Å². The number of rotatable bonds is 0. The number of halogens is 3. The Balaban J connectivity index is 3.25. The van der Waals surface area contributed by atoms with E-state index in [1.807, 2.05) is 0 Å². The van der Waals surface area contributed by atoms with Crippen molar-refractivity contribution in [3.8, 4) is 0 Å². The van der Waals surface area contributed by atoms with E-state index < -0.39 is 0 Å². The molecule has 0 saturated carbocycles. The second-order valence-electron chi connectivity index (χ2n) is 1.54. The van der Waals surface area contributed by atoms with Gasteiger partial charge in [0.05, 0.1) is 4.47 Å². The molecule has 0 amide bonds. The largest absolute Gasteiger partial charge is 0.206 e. The minimum atomic E-state index is -0.246. The van der Waals surface area contributed by atoms with Gasteiger partial charge in [0, 0.05) is 4.47 Å². The molecular weight excluding hydrogens is 251 g/mol. The summed E-state index contributed by atoms with van der Waals surface area (Å²) in [6, 6.07) is 4.81. The van der Waals surface area contributed by atoms with Gasteiger partial charge >= 0.3 is 0 Å². The van der Waals surface area contributed by atoms with Crippen LogP contribution in [-0.4, -0.2) is 0 Å². The number of hydrogen-bond acceptors (Lipinski definition) is 0. The highest BCUT2D eigenvalue weighted by Gasteiger charge is 1.99. The predicted molar refractivity (Wildman–Crippen MR) is 41.8 cm³/mol. The van der Waals surface area contributed by atoms with Crippen LogP contribution in [-0.2, 0) is 0 Å². The average Bonchev–Trinajstić information content (AvgIpc) is 1.83. The van der Waals surface area contributed by atoms with Crippen molar-refractivity contribution in [3.05, 3.63) is 33.0 Å². The van der Waals surface area contributed by atoms with E-state index in [-0.39, 0.29) is 5.82 Å².